The van der Waals surface area contributed by atoms with Crippen LogP contribution in [-0.2, 0) is 6.54 Å². The number of nitrogen functional groups attached to an aromatic ring is 1. The summed E-state index contributed by atoms with van der Waals surface area (Å²) in [6, 6.07) is 12.1. The third-order valence-electron chi connectivity index (χ3n) is 3.88. The van der Waals surface area contributed by atoms with Gasteiger partial charge in [0, 0.05) is 15.6 Å². The second-order valence-corrected chi connectivity index (χ2v) is 7.68. The molecule has 0 unspecified atom stereocenters. The van der Waals surface area contributed by atoms with E-state index in [1.807, 2.05) is 42.6 Å². The van der Waals surface area contributed by atoms with Crippen LogP contribution in [0.2, 0.25) is 0 Å². The monoisotopic (exact) mass is 353 g/mol. The van der Waals surface area contributed by atoms with Crippen LogP contribution >= 0.6 is 22.7 Å². The second kappa shape index (κ2) is 5.89. The first-order chi connectivity index (χ1) is 11.6. The Hall–Kier alpha value is -2.44. The first-order valence-electron chi connectivity index (χ1n) is 7.52. The van der Waals surface area contributed by atoms with Crippen molar-refractivity contribution in [3.8, 4) is 0 Å². The molecule has 3 heterocycles. The number of rotatable bonds is 3. The fourth-order valence-electron chi connectivity index (χ4n) is 2.65. The molecule has 0 spiro atoms. The summed E-state index contributed by atoms with van der Waals surface area (Å²) in [6.07, 6.45) is 0. The molecule has 0 aliphatic rings. The van der Waals surface area contributed by atoms with E-state index in [1.54, 1.807) is 11.3 Å². The first kappa shape index (κ1) is 15.1. The van der Waals surface area contributed by atoms with Gasteiger partial charge in [-0.05, 0) is 36.6 Å². The maximum atomic E-state index is 12.5. The zero-order chi connectivity index (χ0) is 16.7. The third-order valence-corrected chi connectivity index (χ3v) is 5.87. The number of amides is 1. The molecule has 1 aromatic carbocycles. The van der Waals surface area contributed by atoms with E-state index in [-0.39, 0.29) is 5.91 Å². The summed E-state index contributed by atoms with van der Waals surface area (Å²) in [6.45, 7) is 2.56. The average Bonchev–Trinajstić information content (AvgIpc) is 3.19. The molecule has 0 bridgehead atoms. The summed E-state index contributed by atoms with van der Waals surface area (Å²) in [4.78, 5) is 19.6. The van der Waals surface area contributed by atoms with Crippen molar-refractivity contribution in [1.29, 1.82) is 0 Å². The van der Waals surface area contributed by atoms with Gasteiger partial charge < -0.3 is 11.1 Å². The highest BCUT2D eigenvalue weighted by molar-refractivity contribution is 7.21. The lowest BCUT2D eigenvalue weighted by Gasteiger charge is -2.02. The lowest BCUT2D eigenvalue weighted by Crippen LogP contribution is -2.22. The number of nitrogens with one attached hydrogen (secondary N) is 1. The van der Waals surface area contributed by atoms with Crippen LogP contribution in [0.4, 0.5) is 5.69 Å². The van der Waals surface area contributed by atoms with Crippen molar-refractivity contribution >= 4 is 55.4 Å². The molecule has 1 amide bonds. The van der Waals surface area contributed by atoms with Gasteiger partial charge in [-0.3, -0.25) is 4.79 Å². The zero-order valence-corrected chi connectivity index (χ0v) is 14.6. The number of nitrogens with two attached hydrogens (primary N) is 1. The molecule has 0 atom stereocenters. The van der Waals surface area contributed by atoms with E-state index in [0.29, 0.717) is 17.1 Å². The normalized spacial score (nSPS) is 11.2. The Morgan fingerprint density at radius 2 is 2.17 bits per heavy atom. The number of fused-ring (bicyclic) bond motifs is 2. The predicted molar refractivity (Wildman–Crippen MR) is 102 cm³/mol. The molecule has 0 saturated heterocycles. The number of anilines is 1. The molecule has 6 heteroatoms. The highest BCUT2D eigenvalue weighted by atomic mass is 32.1. The number of carbonyl (C=O) groups excluding carboxylic acids is 1. The van der Waals surface area contributed by atoms with Crippen LogP contribution in [0.15, 0.2) is 41.8 Å². The Kier molecular flexibility index (Phi) is 3.70. The van der Waals surface area contributed by atoms with E-state index < -0.39 is 0 Å². The summed E-state index contributed by atoms with van der Waals surface area (Å²) in [5, 5.41) is 6.81. The molecule has 4 aromatic rings. The number of nitrogens with zero attached hydrogens (tertiary/aromatic N) is 1. The quantitative estimate of drug-likeness (QED) is 0.576. The van der Waals surface area contributed by atoms with Crippen molar-refractivity contribution in [2.75, 3.05) is 5.73 Å². The number of hydrogen-bond acceptors (Lipinski definition) is 5. The fraction of sp³-hybridized carbons (Fsp3) is 0.111. The van der Waals surface area contributed by atoms with Gasteiger partial charge in [-0.25, -0.2) is 4.98 Å². The van der Waals surface area contributed by atoms with Crippen molar-refractivity contribution in [2.24, 2.45) is 0 Å². The van der Waals surface area contributed by atoms with Crippen LogP contribution in [0.1, 0.15) is 20.1 Å². The lowest BCUT2D eigenvalue weighted by atomic mass is 10.1. The Balaban J connectivity index is 1.71. The van der Waals surface area contributed by atoms with E-state index in [9.17, 15) is 4.79 Å². The highest BCUT2D eigenvalue weighted by Crippen LogP contribution is 2.34. The number of benzene rings is 1. The van der Waals surface area contributed by atoms with Gasteiger partial charge in [-0.15, -0.1) is 22.7 Å². The maximum absolute atomic E-state index is 12.5. The van der Waals surface area contributed by atoms with Crippen LogP contribution < -0.4 is 11.1 Å². The molecule has 120 valence electrons. The molecule has 3 aromatic heterocycles. The largest absolute Gasteiger partial charge is 0.397 e. The minimum absolute atomic E-state index is 0.149. The van der Waals surface area contributed by atoms with E-state index >= 15 is 0 Å². The third kappa shape index (κ3) is 2.64. The summed E-state index contributed by atoms with van der Waals surface area (Å²) in [7, 11) is 0. The predicted octanol–water partition coefficient (Wildman–Crippen LogP) is 4.33. The number of aromatic nitrogens is 1. The SMILES string of the molecule is Cc1ccc2nc3sc(C(=O)NCc4cccs4)c(N)c3cc2c1. The zero-order valence-electron chi connectivity index (χ0n) is 13.0. The van der Waals surface area contributed by atoms with Gasteiger partial charge in [0.05, 0.1) is 17.7 Å². The summed E-state index contributed by atoms with van der Waals surface area (Å²) >= 11 is 2.96. The van der Waals surface area contributed by atoms with Crippen LogP contribution in [0.5, 0.6) is 0 Å². The standard InChI is InChI=1S/C18H15N3OS2/c1-10-4-5-14-11(7-10)8-13-15(19)16(24-18(13)21-14)17(22)20-9-12-3-2-6-23-12/h2-8H,9,19H2,1H3,(H,20,22). The van der Waals surface area contributed by atoms with Crippen molar-refractivity contribution in [3.63, 3.8) is 0 Å². The molecule has 0 saturated carbocycles. The van der Waals surface area contributed by atoms with Crippen LogP contribution in [-0.4, -0.2) is 10.9 Å². The summed E-state index contributed by atoms with van der Waals surface area (Å²) in [5.74, 6) is -0.149. The molecule has 3 N–H and O–H groups in total. The maximum Gasteiger partial charge on any atom is 0.263 e. The van der Waals surface area contributed by atoms with Gasteiger partial charge in [0.2, 0.25) is 0 Å². The van der Waals surface area contributed by atoms with Crippen LogP contribution in [0, 0.1) is 6.92 Å². The topological polar surface area (TPSA) is 68.0 Å². The molecular weight excluding hydrogens is 338 g/mol. The van der Waals surface area contributed by atoms with Gasteiger partial charge in [-0.2, -0.15) is 0 Å². The van der Waals surface area contributed by atoms with Crippen molar-refractivity contribution in [3.05, 3.63) is 57.1 Å². The molecular formula is C18H15N3OS2. The summed E-state index contributed by atoms with van der Waals surface area (Å²) < 4.78 is 0. The van der Waals surface area contributed by atoms with Gasteiger partial charge in [0.1, 0.15) is 9.71 Å². The molecule has 0 fully saturated rings. The fourth-order valence-corrected chi connectivity index (χ4v) is 4.30. The molecule has 4 nitrogen and oxygen atoms in total. The van der Waals surface area contributed by atoms with Gasteiger partial charge >= 0.3 is 0 Å². The first-order valence-corrected chi connectivity index (χ1v) is 9.21. The van der Waals surface area contributed by atoms with Crippen LogP contribution in [0.25, 0.3) is 21.1 Å². The molecule has 0 aliphatic heterocycles. The Labute approximate surface area is 146 Å². The van der Waals surface area contributed by atoms with Crippen molar-refractivity contribution in [2.45, 2.75) is 13.5 Å². The summed E-state index contributed by atoms with van der Waals surface area (Å²) in [5.41, 5.74) is 8.83. The molecule has 0 radical (unpaired) electrons. The minimum atomic E-state index is -0.149. The highest BCUT2D eigenvalue weighted by Gasteiger charge is 2.17. The number of thiophene rings is 2. The van der Waals surface area contributed by atoms with E-state index in [1.165, 1.54) is 16.9 Å². The molecule has 24 heavy (non-hydrogen) atoms. The number of pyridine rings is 1. The second-order valence-electron chi connectivity index (χ2n) is 5.64. The Morgan fingerprint density at radius 3 is 2.96 bits per heavy atom. The molecule has 4 rings (SSSR count). The van der Waals surface area contributed by atoms with Crippen LogP contribution in [0.3, 0.4) is 0 Å². The molecule has 0 aliphatic carbocycles. The van der Waals surface area contributed by atoms with E-state index in [4.69, 9.17) is 5.73 Å². The number of hydrogen-bond donors (Lipinski definition) is 2. The van der Waals surface area contributed by atoms with E-state index in [2.05, 4.69) is 16.4 Å². The Morgan fingerprint density at radius 1 is 1.29 bits per heavy atom. The van der Waals surface area contributed by atoms with E-state index in [0.717, 1.165) is 26.0 Å². The van der Waals surface area contributed by atoms with Gasteiger partial charge in [0.25, 0.3) is 5.91 Å². The number of carbonyl (C=O) groups is 1. The lowest BCUT2D eigenvalue weighted by molar-refractivity contribution is 0.0956. The number of aryl methyl sites for hydroxylation is 1. The van der Waals surface area contributed by atoms with Gasteiger partial charge in [0.15, 0.2) is 0 Å². The van der Waals surface area contributed by atoms with Crippen molar-refractivity contribution < 1.29 is 4.79 Å². The average molecular weight is 353 g/mol. The smallest absolute Gasteiger partial charge is 0.263 e. The minimum Gasteiger partial charge on any atom is -0.397 e. The Bertz CT molecular complexity index is 1050. The van der Waals surface area contributed by atoms with Gasteiger partial charge in [-0.1, -0.05) is 17.7 Å². The van der Waals surface area contributed by atoms with Crippen molar-refractivity contribution in [1.82, 2.24) is 10.3 Å².